The largest absolute Gasteiger partial charge is 0.487 e. The van der Waals surface area contributed by atoms with E-state index in [0.717, 1.165) is 17.9 Å². The lowest BCUT2D eigenvalue weighted by molar-refractivity contribution is 0.297. The molecule has 0 atom stereocenters. The van der Waals surface area contributed by atoms with Crippen LogP contribution in [0.3, 0.4) is 0 Å². The molecular weight excluding hydrogens is 242 g/mol. The second-order valence-corrected chi connectivity index (χ2v) is 5.47. The molecule has 0 unspecified atom stereocenters. The summed E-state index contributed by atoms with van der Waals surface area (Å²) < 4.78 is 5.94. The van der Waals surface area contributed by atoms with Crippen LogP contribution in [0.4, 0.5) is 0 Å². The smallest absolute Gasteiger partial charge is 0.131 e. The summed E-state index contributed by atoms with van der Waals surface area (Å²) in [5.74, 6) is 1.00. The number of ether oxygens (including phenoxy) is 1. The highest BCUT2D eigenvalue weighted by molar-refractivity contribution is 7.09. The predicted octanol–water partition coefficient (Wildman–Crippen LogP) is 4.21. The number of benzene rings is 1. The van der Waals surface area contributed by atoms with Crippen LogP contribution in [0.1, 0.15) is 34.3 Å². The molecular formula is C15H19NOS. The first-order valence-corrected chi connectivity index (χ1v) is 7.12. The maximum atomic E-state index is 5.94. The number of rotatable bonds is 4. The monoisotopic (exact) mass is 261 g/mol. The minimum absolute atomic E-state index is 0.557. The fourth-order valence-electron chi connectivity index (χ4n) is 1.87. The Morgan fingerprint density at radius 1 is 1.17 bits per heavy atom. The fourth-order valence-corrected chi connectivity index (χ4v) is 2.60. The van der Waals surface area contributed by atoms with Gasteiger partial charge in [-0.25, -0.2) is 4.98 Å². The molecule has 1 heterocycles. The van der Waals surface area contributed by atoms with Crippen LogP contribution in [0.25, 0.3) is 0 Å². The summed E-state index contributed by atoms with van der Waals surface area (Å²) in [7, 11) is 0. The number of nitrogens with zero attached hydrogens (tertiary/aromatic N) is 1. The second-order valence-electron chi connectivity index (χ2n) is 4.53. The van der Waals surface area contributed by atoms with E-state index >= 15 is 0 Å². The van der Waals surface area contributed by atoms with Gasteiger partial charge in [-0.05, 0) is 43.9 Å². The third-order valence-electron chi connectivity index (χ3n) is 3.14. The molecule has 2 rings (SSSR count). The number of thiazole rings is 1. The number of hydrogen-bond acceptors (Lipinski definition) is 3. The van der Waals surface area contributed by atoms with Crippen molar-refractivity contribution in [2.45, 2.75) is 40.7 Å². The van der Waals surface area contributed by atoms with Crippen LogP contribution in [0.15, 0.2) is 17.5 Å². The van der Waals surface area contributed by atoms with Crippen LogP contribution in [-0.2, 0) is 13.0 Å². The molecule has 0 aliphatic carbocycles. The lowest BCUT2D eigenvalue weighted by Gasteiger charge is -2.13. The van der Waals surface area contributed by atoms with Gasteiger partial charge in [0.05, 0.1) is 10.7 Å². The molecule has 0 bridgehead atoms. The lowest BCUT2D eigenvalue weighted by atomic mass is 10.1. The van der Waals surface area contributed by atoms with E-state index in [9.17, 15) is 0 Å². The van der Waals surface area contributed by atoms with Gasteiger partial charge in [-0.2, -0.15) is 0 Å². The third-order valence-corrected chi connectivity index (χ3v) is 4.18. The summed E-state index contributed by atoms with van der Waals surface area (Å²) in [4.78, 5) is 4.52. The molecule has 0 amide bonds. The molecule has 18 heavy (non-hydrogen) atoms. The van der Waals surface area contributed by atoms with Crippen LogP contribution < -0.4 is 4.74 Å². The van der Waals surface area contributed by atoms with E-state index in [2.05, 4.69) is 50.2 Å². The zero-order valence-electron chi connectivity index (χ0n) is 11.4. The average Bonchev–Trinajstić information content (AvgIpc) is 2.82. The van der Waals surface area contributed by atoms with Crippen molar-refractivity contribution in [3.05, 3.63) is 44.9 Å². The van der Waals surface area contributed by atoms with Crippen LogP contribution in [-0.4, -0.2) is 4.98 Å². The summed E-state index contributed by atoms with van der Waals surface area (Å²) in [5, 5.41) is 3.26. The Kier molecular flexibility index (Phi) is 4.02. The minimum Gasteiger partial charge on any atom is -0.487 e. The SMILES string of the molecule is CCc1nc(COc2c(C)ccc(C)c2C)cs1. The Morgan fingerprint density at radius 2 is 1.89 bits per heavy atom. The molecule has 0 spiro atoms. The molecule has 0 radical (unpaired) electrons. The van der Waals surface area contributed by atoms with Gasteiger partial charge in [0.25, 0.3) is 0 Å². The van der Waals surface area contributed by atoms with Gasteiger partial charge in [-0.3, -0.25) is 0 Å². The normalized spacial score (nSPS) is 10.7. The quantitative estimate of drug-likeness (QED) is 0.822. The Labute approximate surface area is 113 Å². The van der Waals surface area contributed by atoms with Gasteiger partial charge >= 0.3 is 0 Å². The molecule has 2 nitrogen and oxygen atoms in total. The number of hydrogen-bond donors (Lipinski definition) is 0. The van der Waals surface area contributed by atoms with Crippen molar-refractivity contribution < 1.29 is 4.74 Å². The van der Waals surface area contributed by atoms with E-state index in [0.29, 0.717) is 6.61 Å². The maximum Gasteiger partial charge on any atom is 0.131 e. The zero-order chi connectivity index (χ0) is 13.1. The average molecular weight is 261 g/mol. The molecule has 0 saturated carbocycles. The van der Waals surface area contributed by atoms with Gasteiger partial charge in [0.15, 0.2) is 0 Å². The van der Waals surface area contributed by atoms with Gasteiger partial charge in [0, 0.05) is 5.38 Å². The standard InChI is InChI=1S/C15H19NOS/c1-5-14-16-13(9-18-14)8-17-15-11(3)7-6-10(2)12(15)4/h6-7,9H,5,8H2,1-4H3. The van der Waals surface area contributed by atoms with Crippen molar-refractivity contribution in [2.24, 2.45) is 0 Å². The van der Waals surface area contributed by atoms with Crippen molar-refractivity contribution in [1.29, 1.82) is 0 Å². The summed E-state index contributed by atoms with van der Waals surface area (Å²) in [5.41, 5.74) is 4.70. The summed E-state index contributed by atoms with van der Waals surface area (Å²) in [6, 6.07) is 4.24. The van der Waals surface area contributed by atoms with E-state index in [1.165, 1.54) is 21.7 Å². The molecule has 1 aromatic heterocycles. The molecule has 0 aliphatic heterocycles. The highest BCUT2D eigenvalue weighted by Gasteiger charge is 2.08. The first-order chi connectivity index (χ1) is 8.61. The lowest BCUT2D eigenvalue weighted by Crippen LogP contribution is -2.00. The van der Waals surface area contributed by atoms with Crippen LogP contribution in [0.2, 0.25) is 0 Å². The molecule has 1 aromatic carbocycles. The molecule has 96 valence electrons. The minimum atomic E-state index is 0.557. The number of aryl methyl sites for hydroxylation is 3. The van der Waals surface area contributed by atoms with Gasteiger partial charge in [-0.15, -0.1) is 11.3 Å². The summed E-state index contributed by atoms with van der Waals surface area (Å²) in [6.45, 7) is 8.98. The molecule has 0 N–H and O–H groups in total. The Hall–Kier alpha value is -1.35. The van der Waals surface area contributed by atoms with E-state index in [4.69, 9.17) is 4.74 Å². The van der Waals surface area contributed by atoms with Crippen molar-refractivity contribution in [1.82, 2.24) is 4.98 Å². The molecule has 0 saturated heterocycles. The Morgan fingerprint density at radius 3 is 2.56 bits per heavy atom. The molecule has 3 heteroatoms. The maximum absolute atomic E-state index is 5.94. The van der Waals surface area contributed by atoms with E-state index in [1.807, 2.05) is 0 Å². The topological polar surface area (TPSA) is 22.1 Å². The first kappa shape index (κ1) is 13.1. The van der Waals surface area contributed by atoms with Crippen molar-refractivity contribution >= 4 is 11.3 Å². The molecule has 0 aliphatic rings. The summed E-state index contributed by atoms with van der Waals surface area (Å²) in [6.07, 6.45) is 0.993. The zero-order valence-corrected chi connectivity index (χ0v) is 12.2. The number of aromatic nitrogens is 1. The van der Waals surface area contributed by atoms with Crippen molar-refractivity contribution in [2.75, 3.05) is 0 Å². The van der Waals surface area contributed by atoms with Crippen LogP contribution in [0, 0.1) is 20.8 Å². The van der Waals surface area contributed by atoms with Gasteiger partial charge in [-0.1, -0.05) is 19.1 Å². The first-order valence-electron chi connectivity index (χ1n) is 6.24. The van der Waals surface area contributed by atoms with Crippen molar-refractivity contribution in [3.8, 4) is 5.75 Å². The van der Waals surface area contributed by atoms with Gasteiger partial charge in [0.2, 0.25) is 0 Å². The van der Waals surface area contributed by atoms with Crippen LogP contribution in [0.5, 0.6) is 5.75 Å². The van der Waals surface area contributed by atoms with Gasteiger partial charge in [0.1, 0.15) is 12.4 Å². The predicted molar refractivity (Wildman–Crippen MR) is 76.5 cm³/mol. The highest BCUT2D eigenvalue weighted by Crippen LogP contribution is 2.26. The van der Waals surface area contributed by atoms with Crippen LogP contribution >= 0.6 is 11.3 Å². The van der Waals surface area contributed by atoms with E-state index in [-0.39, 0.29) is 0 Å². The van der Waals surface area contributed by atoms with E-state index < -0.39 is 0 Å². The Bertz CT molecular complexity index is 545. The highest BCUT2D eigenvalue weighted by atomic mass is 32.1. The van der Waals surface area contributed by atoms with E-state index in [1.54, 1.807) is 11.3 Å². The summed E-state index contributed by atoms with van der Waals surface area (Å²) >= 11 is 1.71. The third kappa shape index (κ3) is 2.72. The second kappa shape index (κ2) is 5.53. The molecule has 0 fully saturated rings. The fraction of sp³-hybridized carbons (Fsp3) is 0.400. The molecule has 2 aromatic rings. The van der Waals surface area contributed by atoms with Gasteiger partial charge < -0.3 is 4.74 Å². The Balaban J connectivity index is 2.12. The van der Waals surface area contributed by atoms with Crippen molar-refractivity contribution in [3.63, 3.8) is 0 Å².